The van der Waals surface area contributed by atoms with Gasteiger partial charge >= 0.3 is 30.3 Å². The van der Waals surface area contributed by atoms with Gasteiger partial charge in [-0.1, -0.05) is 13.8 Å². The molecule has 0 radical (unpaired) electrons. The number of carbonyl (C=O) groups excluding carboxylic acids is 4. The maximum Gasteiger partial charge on any atom is 0.421 e. The van der Waals surface area contributed by atoms with Crippen molar-refractivity contribution in [1.82, 2.24) is 25.1 Å². The van der Waals surface area contributed by atoms with E-state index in [9.17, 15) is 55.4 Å². The number of ether oxygens (including phenoxy) is 3. The van der Waals surface area contributed by atoms with Crippen molar-refractivity contribution < 1.29 is 69.6 Å². The van der Waals surface area contributed by atoms with E-state index in [2.05, 4.69) is 40.0 Å². The first-order chi connectivity index (χ1) is 37.5. The molecule has 2 heterocycles. The first-order valence-corrected chi connectivity index (χ1v) is 26.5. The molecule has 4 amide bonds. The molecular weight excluding hydrogens is 1080 g/mol. The van der Waals surface area contributed by atoms with Gasteiger partial charge in [0, 0.05) is 55.4 Å². The molecule has 2 aliphatic carbocycles. The van der Waals surface area contributed by atoms with E-state index in [4.69, 9.17) is 31.8 Å². The molecular formula is C55H69ClF6N9O9-. The lowest BCUT2D eigenvalue weighted by atomic mass is 9.82. The predicted molar refractivity (Wildman–Crippen MR) is 287 cm³/mol. The standard InChI is InChI=1S/C29H37F3N4O5.C26H32ClF3N5O4/c1-16(2)35-28(40)34-15-19-12-23(29(30,31)32)25(33-14-19)41-21-10-11-24(22(13-21)27(38)39)36(17(3)4)26(37)20-8-6-18(5)7-9-20;1-15(2)35(24(36)18-7-5-16(3)6-8-18)22-10-9-19(12-20(22)25(37)38-4)39-23-21(26(28,29)30)11-17(13-32-23)14-34(27)33-31/h10-14,16-18,20H,6-9,15H2,1-5H3,(H,38,39)(H2,34,35,40);9-13,15-16,18H,5-8,14,31H2,1-4H3/q;-1. The number of nitrogens with one attached hydrogen (secondary N) is 2. The highest BCUT2D eigenvalue weighted by molar-refractivity contribution is 6.13. The van der Waals surface area contributed by atoms with Crippen LogP contribution in [-0.2, 0) is 39.8 Å². The van der Waals surface area contributed by atoms with Crippen LogP contribution in [0.1, 0.15) is 150 Å². The van der Waals surface area contributed by atoms with E-state index in [1.165, 1.54) is 42.3 Å². The first-order valence-electron chi connectivity index (χ1n) is 26.1. The number of amides is 4. The Morgan fingerprint density at radius 2 is 1.12 bits per heavy atom. The SMILES string of the molecule is CC1CCC(C(=O)N(c2ccc(Oc3ncc(CNC(=O)NC(C)C)cc3C(F)(F)F)cc2C(=O)O)C(C)C)CC1.COC(=O)c1cc(Oc2ncc(CN(Cl)[N-]N)cc2C(F)(F)F)ccc1N(C(=O)C1CCC(C)CC1)C(C)C. The van der Waals surface area contributed by atoms with Gasteiger partial charge in [-0.25, -0.2) is 24.4 Å². The quantitative estimate of drug-likeness (QED) is 0.0239. The molecule has 2 aliphatic rings. The highest BCUT2D eigenvalue weighted by Gasteiger charge is 2.39. The normalized spacial score (nSPS) is 17.6. The summed E-state index contributed by atoms with van der Waals surface area (Å²) in [4.78, 5) is 74.4. The molecule has 2 fully saturated rings. The molecule has 0 saturated heterocycles. The van der Waals surface area contributed by atoms with E-state index in [-0.39, 0.29) is 94.3 Å². The second-order valence-corrected chi connectivity index (χ2v) is 21.2. The Hall–Kier alpha value is -6.76. The van der Waals surface area contributed by atoms with Gasteiger partial charge in [-0.05, 0) is 176 Å². The molecule has 18 nitrogen and oxygen atoms in total. The number of methoxy groups -OCH3 is 1. The summed E-state index contributed by atoms with van der Waals surface area (Å²) in [6.45, 7) is 14.6. The summed E-state index contributed by atoms with van der Waals surface area (Å²) in [6.07, 6.45) is -0.731. The molecule has 0 spiro atoms. The zero-order valence-corrected chi connectivity index (χ0v) is 46.8. The number of carbonyl (C=O) groups is 5. The number of benzene rings is 2. The smallest absolute Gasteiger partial charge is 0.421 e. The van der Waals surface area contributed by atoms with Crippen molar-refractivity contribution in [2.75, 3.05) is 16.9 Å². The fourth-order valence-electron chi connectivity index (χ4n) is 9.39. The molecule has 2 saturated carbocycles. The minimum atomic E-state index is -4.84. The van der Waals surface area contributed by atoms with Crippen LogP contribution in [0, 0.1) is 23.7 Å². The van der Waals surface area contributed by atoms with Gasteiger partial charge in [-0.3, -0.25) is 9.59 Å². The number of rotatable bonds is 18. The lowest BCUT2D eigenvalue weighted by Crippen LogP contribution is -2.43. The summed E-state index contributed by atoms with van der Waals surface area (Å²) < 4.78 is 99.8. The molecule has 438 valence electrons. The van der Waals surface area contributed by atoms with Gasteiger partial charge in [0.25, 0.3) is 0 Å². The molecule has 2 aromatic heterocycles. The number of nitrogens with two attached hydrogens (primary N) is 1. The fraction of sp³-hybridized carbons (Fsp3) is 0.509. The van der Waals surface area contributed by atoms with Crippen LogP contribution in [0.3, 0.4) is 0 Å². The average Bonchev–Trinajstić information content (AvgIpc) is 3.40. The Bertz CT molecular complexity index is 2810. The maximum absolute atomic E-state index is 13.9. The lowest BCUT2D eigenvalue weighted by molar-refractivity contribution is -0.139. The Morgan fingerprint density at radius 1 is 0.700 bits per heavy atom. The Balaban J connectivity index is 0.000000294. The third-order valence-electron chi connectivity index (χ3n) is 13.5. The van der Waals surface area contributed by atoms with Crippen molar-refractivity contribution in [2.45, 2.75) is 150 Å². The largest absolute Gasteiger partial charge is 0.517 e. The third kappa shape index (κ3) is 17.4. The number of carboxylic acid groups (broad SMARTS) is 1. The van der Waals surface area contributed by atoms with Crippen molar-refractivity contribution in [1.29, 1.82) is 0 Å². The molecule has 5 N–H and O–H groups in total. The number of esters is 1. The summed E-state index contributed by atoms with van der Waals surface area (Å²) in [7, 11) is 1.18. The van der Waals surface area contributed by atoms with Crippen molar-refractivity contribution in [2.24, 2.45) is 29.5 Å². The van der Waals surface area contributed by atoms with E-state index >= 15 is 0 Å². The number of hydrogen-bond acceptors (Lipinski definition) is 12. The Morgan fingerprint density at radius 3 is 1.52 bits per heavy atom. The van der Waals surface area contributed by atoms with E-state index in [1.54, 1.807) is 32.6 Å². The number of aromatic nitrogens is 2. The maximum atomic E-state index is 13.9. The summed E-state index contributed by atoms with van der Waals surface area (Å²) in [5.41, 5.74) is 1.14. The second-order valence-electron chi connectivity index (χ2n) is 20.9. The summed E-state index contributed by atoms with van der Waals surface area (Å²) in [5.74, 6) is 1.53. The highest BCUT2D eigenvalue weighted by atomic mass is 35.5. The average molecular weight is 1150 g/mol. The van der Waals surface area contributed by atoms with E-state index in [0.717, 1.165) is 73.6 Å². The molecule has 2 aromatic carbocycles. The van der Waals surface area contributed by atoms with Gasteiger partial charge in [0.05, 0.1) is 29.6 Å². The monoisotopic (exact) mass is 1150 g/mol. The molecule has 0 unspecified atom stereocenters. The molecule has 25 heteroatoms. The molecule has 0 atom stereocenters. The number of urea groups is 1. The van der Waals surface area contributed by atoms with Crippen LogP contribution in [0.4, 0.5) is 42.5 Å². The van der Waals surface area contributed by atoms with Crippen molar-refractivity contribution in [3.05, 3.63) is 99.8 Å². The minimum Gasteiger partial charge on any atom is -0.517 e. The summed E-state index contributed by atoms with van der Waals surface area (Å²) in [5, 5.41) is 15.0. The van der Waals surface area contributed by atoms with Crippen LogP contribution in [0.5, 0.6) is 23.3 Å². The number of halogens is 7. The zero-order chi connectivity index (χ0) is 59.4. The second kappa shape index (κ2) is 28.1. The van der Waals surface area contributed by atoms with Gasteiger partial charge < -0.3 is 55.7 Å². The number of pyridine rings is 2. The van der Waals surface area contributed by atoms with Crippen molar-refractivity contribution in [3.8, 4) is 23.3 Å². The zero-order valence-electron chi connectivity index (χ0n) is 46.0. The van der Waals surface area contributed by atoms with Crippen LogP contribution in [0.15, 0.2) is 60.9 Å². The summed E-state index contributed by atoms with van der Waals surface area (Å²) in [6, 6.07) is 8.19. The van der Waals surface area contributed by atoms with E-state index in [1.807, 2.05) is 13.8 Å². The van der Waals surface area contributed by atoms with E-state index < -0.39 is 53.2 Å². The van der Waals surface area contributed by atoms with Gasteiger partial charge in [0.2, 0.25) is 23.6 Å². The topological polar surface area (TPSA) is 233 Å². The number of aromatic carboxylic acids is 1. The first kappa shape index (κ1) is 64.1. The van der Waals surface area contributed by atoms with Gasteiger partial charge in [-0.2, -0.15) is 26.3 Å². The van der Waals surface area contributed by atoms with Crippen LogP contribution >= 0.6 is 11.8 Å². The van der Waals surface area contributed by atoms with Gasteiger partial charge in [0.15, 0.2) is 0 Å². The van der Waals surface area contributed by atoms with Gasteiger partial charge in [-0.15, -0.1) is 0 Å². The van der Waals surface area contributed by atoms with Crippen molar-refractivity contribution >= 4 is 52.9 Å². The minimum absolute atomic E-state index is 0.0197. The van der Waals surface area contributed by atoms with E-state index in [0.29, 0.717) is 30.4 Å². The molecule has 0 bridgehead atoms. The molecule has 0 aliphatic heterocycles. The Labute approximate surface area is 466 Å². The summed E-state index contributed by atoms with van der Waals surface area (Å²) >= 11 is 5.67. The molecule has 4 aromatic rings. The number of nitrogens with zero attached hydrogens (tertiary/aromatic N) is 6. The fourth-order valence-corrected chi connectivity index (χ4v) is 9.52. The number of anilines is 2. The predicted octanol–water partition coefficient (Wildman–Crippen LogP) is 12.7. The van der Waals surface area contributed by atoms with Crippen LogP contribution in [-0.4, -0.2) is 74.6 Å². The number of alkyl halides is 6. The lowest BCUT2D eigenvalue weighted by Gasteiger charge is -2.34. The van der Waals surface area contributed by atoms with Crippen molar-refractivity contribution in [3.63, 3.8) is 0 Å². The molecule has 80 heavy (non-hydrogen) atoms. The number of carboxylic acids is 1. The molecule has 6 rings (SSSR count). The van der Waals surface area contributed by atoms with Crippen LogP contribution in [0.25, 0.3) is 5.53 Å². The van der Waals surface area contributed by atoms with Crippen LogP contribution < -0.4 is 35.7 Å². The third-order valence-corrected chi connectivity index (χ3v) is 13.7. The Kier molecular flexibility index (Phi) is 22.5. The van der Waals surface area contributed by atoms with Crippen LogP contribution in [0.2, 0.25) is 0 Å². The van der Waals surface area contributed by atoms with Gasteiger partial charge in [0.1, 0.15) is 22.6 Å². The number of hydrogen-bond donors (Lipinski definition) is 4. The highest BCUT2D eigenvalue weighted by Crippen LogP contribution is 2.42.